The minimum absolute atomic E-state index is 0. The van der Waals surface area contributed by atoms with E-state index >= 15 is 0 Å². The third kappa shape index (κ3) is 2.00. The first-order chi connectivity index (χ1) is 7.79. The zero-order valence-corrected chi connectivity index (χ0v) is 11.4. The molecule has 0 unspecified atom stereocenters. The molecule has 0 spiro atoms. The lowest BCUT2D eigenvalue weighted by Gasteiger charge is -2.54. The quantitative estimate of drug-likeness (QED) is 0.648. The van der Waals surface area contributed by atoms with E-state index in [2.05, 4.69) is 37.3 Å². The van der Waals surface area contributed by atoms with Gasteiger partial charge in [0.25, 0.3) is 0 Å². The van der Waals surface area contributed by atoms with Crippen LogP contribution in [0.5, 0.6) is 0 Å². The second kappa shape index (κ2) is 4.62. The second-order valence-corrected chi connectivity index (χ2v) is 5.73. The predicted molar refractivity (Wildman–Crippen MR) is 67.4 cm³/mol. The number of rotatable bonds is 2. The maximum absolute atomic E-state index is 2.36. The third-order valence-corrected chi connectivity index (χ3v) is 5.25. The zero-order chi connectivity index (χ0) is 11.1. The number of halogens is 1. The Morgan fingerprint density at radius 3 is 2.00 bits per heavy atom. The molecule has 0 aromatic heterocycles. The molecule has 0 atom stereocenters. The van der Waals surface area contributed by atoms with E-state index in [4.69, 9.17) is 0 Å². The van der Waals surface area contributed by atoms with Crippen LogP contribution in [0.2, 0.25) is 0 Å². The lowest BCUT2D eigenvalue weighted by molar-refractivity contribution is -0.941. The molecule has 1 nitrogen and oxygen atoms in total. The van der Waals surface area contributed by atoms with Gasteiger partial charge >= 0.3 is 0 Å². The first-order valence-corrected chi connectivity index (χ1v) is 6.69. The van der Waals surface area contributed by atoms with Gasteiger partial charge in [-0.3, -0.25) is 0 Å². The molecule has 3 saturated heterocycles. The fourth-order valence-electron chi connectivity index (χ4n) is 3.76. The summed E-state index contributed by atoms with van der Waals surface area (Å²) in [5, 5.41) is 0. The molecule has 3 heterocycles. The van der Waals surface area contributed by atoms with Gasteiger partial charge in [0.2, 0.25) is 0 Å². The van der Waals surface area contributed by atoms with Crippen molar-refractivity contribution in [2.24, 2.45) is 0 Å². The van der Waals surface area contributed by atoms with E-state index in [0.717, 1.165) is 0 Å². The first-order valence-electron chi connectivity index (χ1n) is 6.69. The van der Waals surface area contributed by atoms with Crippen molar-refractivity contribution in [1.29, 1.82) is 0 Å². The van der Waals surface area contributed by atoms with Gasteiger partial charge in [-0.05, 0) is 12.5 Å². The largest absolute Gasteiger partial charge is 1.00 e. The molecule has 0 radical (unpaired) electrons. The fraction of sp³-hybridized carbons (Fsp3) is 0.600. The minimum Gasteiger partial charge on any atom is -1.00 e. The average Bonchev–Trinajstić information content (AvgIpc) is 2.42. The summed E-state index contributed by atoms with van der Waals surface area (Å²) in [4.78, 5) is 0. The molecule has 0 N–H and O–H groups in total. The van der Waals surface area contributed by atoms with Gasteiger partial charge in [-0.2, -0.15) is 0 Å². The molecule has 17 heavy (non-hydrogen) atoms. The van der Waals surface area contributed by atoms with E-state index < -0.39 is 0 Å². The Labute approximate surface area is 111 Å². The van der Waals surface area contributed by atoms with Crippen LogP contribution in [0.15, 0.2) is 30.3 Å². The van der Waals surface area contributed by atoms with Crippen molar-refractivity contribution in [2.45, 2.75) is 31.6 Å². The highest BCUT2D eigenvalue weighted by Gasteiger charge is 2.48. The summed E-state index contributed by atoms with van der Waals surface area (Å²) in [7, 11) is 0. The summed E-state index contributed by atoms with van der Waals surface area (Å²) < 4.78 is 1.40. The van der Waals surface area contributed by atoms with Crippen LogP contribution >= 0.6 is 0 Å². The molecule has 3 aliphatic rings. The molecular formula is C15H22ClN. The van der Waals surface area contributed by atoms with Crippen LogP contribution in [0.1, 0.15) is 31.7 Å². The maximum atomic E-state index is 2.36. The van der Waals surface area contributed by atoms with Crippen molar-refractivity contribution in [3.05, 3.63) is 35.9 Å². The van der Waals surface area contributed by atoms with Crippen molar-refractivity contribution < 1.29 is 16.9 Å². The van der Waals surface area contributed by atoms with Gasteiger partial charge in [0, 0.05) is 24.7 Å². The Morgan fingerprint density at radius 1 is 1.00 bits per heavy atom. The van der Waals surface area contributed by atoms with Crippen LogP contribution in [-0.2, 0) is 5.41 Å². The second-order valence-electron chi connectivity index (χ2n) is 5.73. The highest BCUT2D eigenvalue weighted by atomic mass is 35.5. The van der Waals surface area contributed by atoms with E-state index in [0.29, 0.717) is 5.41 Å². The molecule has 4 rings (SSSR count). The molecule has 2 bridgehead atoms. The van der Waals surface area contributed by atoms with Crippen LogP contribution in [0, 0.1) is 0 Å². The zero-order valence-electron chi connectivity index (χ0n) is 10.7. The van der Waals surface area contributed by atoms with E-state index in [9.17, 15) is 0 Å². The van der Waals surface area contributed by atoms with Crippen LogP contribution in [0.25, 0.3) is 0 Å². The molecule has 94 valence electrons. The molecule has 0 aliphatic carbocycles. The number of benzene rings is 1. The smallest absolute Gasteiger partial charge is 0.0795 e. The molecule has 0 amide bonds. The van der Waals surface area contributed by atoms with Crippen LogP contribution < -0.4 is 12.4 Å². The molecule has 3 aliphatic heterocycles. The standard InChI is InChI=1S/C15H22N.ClH/c1-2-16-11-8-15(9-12-16,10-13-16)14-6-4-3-5-7-14;/h3-7H,2,8-13H2,1H3;1H/q+1;/p-1. The van der Waals surface area contributed by atoms with E-state index in [1.54, 1.807) is 5.56 Å². The summed E-state index contributed by atoms with van der Waals surface area (Å²) in [6.45, 7) is 7.92. The number of hydrogen-bond acceptors (Lipinski definition) is 0. The SMILES string of the molecule is CC[N+]12CCC(c3ccccc3)(CC1)CC2.[Cl-]. The summed E-state index contributed by atoms with van der Waals surface area (Å²) >= 11 is 0. The summed E-state index contributed by atoms with van der Waals surface area (Å²) in [5.41, 5.74) is 2.14. The number of nitrogens with zero attached hydrogens (tertiary/aromatic N) is 1. The van der Waals surface area contributed by atoms with Gasteiger partial charge in [-0.1, -0.05) is 30.3 Å². The lowest BCUT2D eigenvalue weighted by atomic mass is 9.66. The van der Waals surface area contributed by atoms with Gasteiger partial charge in [0.15, 0.2) is 0 Å². The molecule has 0 saturated carbocycles. The number of piperidine rings is 3. The van der Waals surface area contributed by atoms with Gasteiger partial charge in [0.05, 0.1) is 26.2 Å². The van der Waals surface area contributed by atoms with Crippen LogP contribution in [-0.4, -0.2) is 30.7 Å². The Morgan fingerprint density at radius 2 is 1.53 bits per heavy atom. The molecule has 1 aromatic carbocycles. The predicted octanol–water partition coefficient (Wildman–Crippen LogP) is -0.0374. The van der Waals surface area contributed by atoms with Crippen molar-refractivity contribution in [1.82, 2.24) is 0 Å². The topological polar surface area (TPSA) is 0 Å². The Balaban J connectivity index is 0.00000108. The van der Waals surface area contributed by atoms with E-state index in [-0.39, 0.29) is 12.4 Å². The highest BCUT2D eigenvalue weighted by molar-refractivity contribution is 5.26. The number of quaternary nitrogens is 1. The van der Waals surface area contributed by atoms with Gasteiger partial charge in [-0.25, -0.2) is 0 Å². The van der Waals surface area contributed by atoms with Gasteiger partial charge < -0.3 is 16.9 Å². The normalized spacial score (nSPS) is 35.4. The highest BCUT2D eigenvalue weighted by Crippen LogP contribution is 2.45. The molecule has 2 heteroatoms. The van der Waals surface area contributed by atoms with Crippen LogP contribution in [0.4, 0.5) is 0 Å². The summed E-state index contributed by atoms with van der Waals surface area (Å²) in [6, 6.07) is 11.2. The maximum Gasteiger partial charge on any atom is 0.0795 e. The molecular weight excluding hydrogens is 230 g/mol. The first kappa shape index (κ1) is 12.9. The minimum atomic E-state index is 0. The van der Waals surface area contributed by atoms with Crippen molar-refractivity contribution in [3.63, 3.8) is 0 Å². The van der Waals surface area contributed by atoms with Crippen molar-refractivity contribution in [2.75, 3.05) is 26.2 Å². The monoisotopic (exact) mass is 251 g/mol. The fourth-order valence-corrected chi connectivity index (χ4v) is 3.76. The Hall–Kier alpha value is -0.530. The Kier molecular flexibility index (Phi) is 3.51. The van der Waals surface area contributed by atoms with Crippen LogP contribution in [0.3, 0.4) is 0 Å². The number of hydrogen-bond donors (Lipinski definition) is 0. The lowest BCUT2D eigenvalue weighted by Crippen LogP contribution is -3.00. The van der Waals surface area contributed by atoms with E-state index in [1.807, 2.05) is 0 Å². The average molecular weight is 252 g/mol. The number of fused-ring (bicyclic) bond motifs is 3. The van der Waals surface area contributed by atoms with Crippen molar-refractivity contribution >= 4 is 0 Å². The summed E-state index contributed by atoms with van der Waals surface area (Å²) in [6.07, 6.45) is 4.22. The molecule has 1 aromatic rings. The third-order valence-electron chi connectivity index (χ3n) is 5.25. The van der Waals surface area contributed by atoms with Gasteiger partial charge in [-0.15, -0.1) is 0 Å². The Bertz CT molecular complexity index is 349. The van der Waals surface area contributed by atoms with Crippen molar-refractivity contribution in [3.8, 4) is 0 Å². The van der Waals surface area contributed by atoms with Gasteiger partial charge in [0.1, 0.15) is 0 Å². The summed E-state index contributed by atoms with van der Waals surface area (Å²) in [5.74, 6) is 0. The van der Waals surface area contributed by atoms with E-state index in [1.165, 1.54) is 49.9 Å². The molecule has 3 fully saturated rings.